The van der Waals surface area contributed by atoms with Crippen molar-refractivity contribution >= 4 is 0 Å². The predicted molar refractivity (Wildman–Crippen MR) is 76.1 cm³/mol. The molecule has 4 nitrogen and oxygen atoms in total. The molecule has 1 saturated heterocycles. The number of aryl methyl sites for hydroxylation is 1. The zero-order valence-electron chi connectivity index (χ0n) is 12.4. The Labute approximate surface area is 116 Å². The average Bonchev–Trinajstić information content (AvgIpc) is 2.77. The third kappa shape index (κ3) is 4.06. The molecule has 2 heterocycles. The molecular weight excluding hydrogens is 240 g/mol. The first-order chi connectivity index (χ1) is 9.22. The smallest absolute Gasteiger partial charge is 0.118 e. The minimum atomic E-state index is 0.391. The van der Waals surface area contributed by atoms with E-state index in [1.165, 1.54) is 18.4 Å². The van der Waals surface area contributed by atoms with E-state index in [4.69, 9.17) is 9.15 Å². The van der Waals surface area contributed by atoms with Crippen molar-refractivity contribution in [2.45, 2.75) is 45.9 Å². The van der Waals surface area contributed by atoms with Crippen molar-refractivity contribution in [3.05, 3.63) is 23.2 Å². The third-order valence-corrected chi connectivity index (χ3v) is 3.81. The Morgan fingerprint density at radius 3 is 3.11 bits per heavy atom. The maximum Gasteiger partial charge on any atom is 0.118 e. The molecule has 108 valence electrons. The number of hydrogen-bond acceptors (Lipinski definition) is 4. The molecule has 0 spiro atoms. The van der Waals surface area contributed by atoms with Crippen molar-refractivity contribution < 1.29 is 9.15 Å². The van der Waals surface area contributed by atoms with Crippen molar-refractivity contribution in [2.75, 3.05) is 26.7 Å². The number of methoxy groups -OCH3 is 1. The fourth-order valence-electron chi connectivity index (χ4n) is 2.67. The van der Waals surface area contributed by atoms with E-state index in [2.05, 4.69) is 30.1 Å². The van der Waals surface area contributed by atoms with Crippen LogP contribution in [0.4, 0.5) is 0 Å². The highest BCUT2D eigenvalue weighted by Crippen LogP contribution is 2.20. The number of furan rings is 1. The molecule has 1 fully saturated rings. The summed E-state index contributed by atoms with van der Waals surface area (Å²) in [5, 5.41) is 3.30. The van der Waals surface area contributed by atoms with Gasteiger partial charge in [0, 0.05) is 25.8 Å². The van der Waals surface area contributed by atoms with E-state index in [1.807, 2.05) is 7.11 Å². The maximum atomic E-state index is 5.79. The van der Waals surface area contributed by atoms with Crippen LogP contribution >= 0.6 is 0 Å². The van der Waals surface area contributed by atoms with E-state index < -0.39 is 0 Å². The van der Waals surface area contributed by atoms with Gasteiger partial charge in [-0.05, 0) is 38.9 Å². The molecule has 1 aromatic rings. The summed E-state index contributed by atoms with van der Waals surface area (Å²) in [6, 6.07) is 2.19. The zero-order chi connectivity index (χ0) is 13.7. The van der Waals surface area contributed by atoms with Crippen LogP contribution in [-0.4, -0.2) is 37.7 Å². The summed E-state index contributed by atoms with van der Waals surface area (Å²) in [5.41, 5.74) is 1.31. The fourth-order valence-corrected chi connectivity index (χ4v) is 2.67. The van der Waals surface area contributed by atoms with Gasteiger partial charge in [0.25, 0.3) is 0 Å². The monoisotopic (exact) mass is 266 g/mol. The Hall–Kier alpha value is -0.840. The summed E-state index contributed by atoms with van der Waals surface area (Å²) >= 11 is 0. The molecule has 1 aromatic heterocycles. The van der Waals surface area contributed by atoms with Gasteiger partial charge < -0.3 is 14.5 Å². The minimum Gasteiger partial charge on any atom is -0.465 e. The van der Waals surface area contributed by atoms with Crippen LogP contribution in [0.25, 0.3) is 0 Å². The van der Waals surface area contributed by atoms with Crippen LogP contribution in [0.3, 0.4) is 0 Å². The van der Waals surface area contributed by atoms with E-state index in [9.17, 15) is 0 Å². The number of nitrogens with zero attached hydrogens (tertiary/aromatic N) is 1. The van der Waals surface area contributed by atoms with Gasteiger partial charge >= 0.3 is 0 Å². The standard InChI is InChI=1S/C15H26N2O2/c1-4-16-9-15-8-13(12(2)19-15)10-17-7-5-6-14(11-17)18-3/h8,14,16H,4-7,9-11H2,1-3H3. The summed E-state index contributed by atoms with van der Waals surface area (Å²) < 4.78 is 11.3. The number of hydrogen-bond donors (Lipinski definition) is 1. The lowest BCUT2D eigenvalue weighted by Gasteiger charge is -2.31. The fraction of sp³-hybridized carbons (Fsp3) is 0.733. The van der Waals surface area contributed by atoms with Crippen LogP contribution in [0.15, 0.2) is 10.5 Å². The second-order valence-electron chi connectivity index (χ2n) is 5.31. The van der Waals surface area contributed by atoms with E-state index in [0.717, 1.165) is 44.2 Å². The molecule has 0 radical (unpaired) electrons. The Kier molecular flexibility index (Phi) is 5.43. The quantitative estimate of drug-likeness (QED) is 0.857. The first-order valence-electron chi connectivity index (χ1n) is 7.27. The van der Waals surface area contributed by atoms with Gasteiger partial charge in [0.2, 0.25) is 0 Å². The number of piperidine rings is 1. The molecule has 0 aliphatic carbocycles. The minimum absolute atomic E-state index is 0.391. The van der Waals surface area contributed by atoms with Crippen molar-refractivity contribution in [1.29, 1.82) is 0 Å². The van der Waals surface area contributed by atoms with Crippen molar-refractivity contribution in [1.82, 2.24) is 10.2 Å². The van der Waals surface area contributed by atoms with Gasteiger partial charge in [-0.3, -0.25) is 4.90 Å². The van der Waals surface area contributed by atoms with Crippen LogP contribution in [0.1, 0.15) is 36.8 Å². The maximum absolute atomic E-state index is 5.79. The van der Waals surface area contributed by atoms with Crippen LogP contribution in [0.2, 0.25) is 0 Å². The Morgan fingerprint density at radius 2 is 2.37 bits per heavy atom. The summed E-state index contributed by atoms with van der Waals surface area (Å²) in [6.45, 7) is 9.12. The summed E-state index contributed by atoms with van der Waals surface area (Å²) in [7, 11) is 1.81. The van der Waals surface area contributed by atoms with E-state index in [-0.39, 0.29) is 0 Å². The lowest BCUT2D eigenvalue weighted by molar-refractivity contribution is 0.0284. The van der Waals surface area contributed by atoms with E-state index in [1.54, 1.807) is 0 Å². The SMILES string of the molecule is CCNCc1cc(CN2CCCC(OC)C2)c(C)o1. The van der Waals surface area contributed by atoms with E-state index >= 15 is 0 Å². The number of nitrogens with one attached hydrogen (secondary N) is 1. The number of likely N-dealkylation sites (tertiary alicyclic amines) is 1. The van der Waals surface area contributed by atoms with Gasteiger partial charge in [-0.15, -0.1) is 0 Å². The Morgan fingerprint density at radius 1 is 1.53 bits per heavy atom. The number of rotatable bonds is 6. The van der Waals surface area contributed by atoms with Crippen molar-refractivity contribution in [3.8, 4) is 0 Å². The highest BCUT2D eigenvalue weighted by atomic mass is 16.5. The first-order valence-corrected chi connectivity index (χ1v) is 7.27. The van der Waals surface area contributed by atoms with Crippen LogP contribution in [-0.2, 0) is 17.8 Å². The highest BCUT2D eigenvalue weighted by Gasteiger charge is 2.20. The Balaban J connectivity index is 1.92. The third-order valence-electron chi connectivity index (χ3n) is 3.81. The molecule has 0 aromatic carbocycles. The van der Waals surface area contributed by atoms with Gasteiger partial charge in [0.1, 0.15) is 11.5 Å². The number of ether oxygens (including phenoxy) is 1. The van der Waals surface area contributed by atoms with Gasteiger partial charge in [0.05, 0.1) is 12.6 Å². The van der Waals surface area contributed by atoms with Gasteiger partial charge in [-0.25, -0.2) is 0 Å². The molecule has 19 heavy (non-hydrogen) atoms. The average molecular weight is 266 g/mol. The summed E-state index contributed by atoms with van der Waals surface area (Å²) in [4.78, 5) is 2.46. The Bertz CT molecular complexity index is 389. The van der Waals surface area contributed by atoms with Crippen LogP contribution in [0, 0.1) is 6.92 Å². The van der Waals surface area contributed by atoms with Gasteiger partial charge in [-0.1, -0.05) is 6.92 Å². The first kappa shape index (κ1) is 14.6. The summed E-state index contributed by atoms with van der Waals surface area (Å²) in [5.74, 6) is 2.09. The van der Waals surface area contributed by atoms with Crippen LogP contribution in [0.5, 0.6) is 0 Å². The zero-order valence-corrected chi connectivity index (χ0v) is 12.4. The molecular formula is C15H26N2O2. The molecule has 1 aliphatic heterocycles. The molecule has 4 heteroatoms. The summed E-state index contributed by atoms with van der Waals surface area (Å²) in [6.07, 6.45) is 2.80. The van der Waals surface area contributed by atoms with Gasteiger partial charge in [0.15, 0.2) is 0 Å². The van der Waals surface area contributed by atoms with Crippen molar-refractivity contribution in [3.63, 3.8) is 0 Å². The largest absolute Gasteiger partial charge is 0.465 e. The highest BCUT2D eigenvalue weighted by molar-refractivity contribution is 5.20. The molecule has 0 bridgehead atoms. The molecule has 1 unspecified atom stereocenters. The lowest BCUT2D eigenvalue weighted by Crippen LogP contribution is -2.38. The van der Waals surface area contributed by atoms with E-state index in [0.29, 0.717) is 6.10 Å². The molecule has 0 saturated carbocycles. The lowest BCUT2D eigenvalue weighted by atomic mass is 10.1. The molecule has 0 amide bonds. The topological polar surface area (TPSA) is 37.6 Å². The van der Waals surface area contributed by atoms with Crippen molar-refractivity contribution in [2.24, 2.45) is 0 Å². The molecule has 1 atom stereocenters. The predicted octanol–water partition coefficient (Wildman–Crippen LogP) is 2.31. The molecule has 1 N–H and O–H groups in total. The molecule has 1 aliphatic rings. The second kappa shape index (κ2) is 7.08. The normalized spacial score (nSPS) is 20.9. The molecule has 2 rings (SSSR count). The van der Waals surface area contributed by atoms with Gasteiger partial charge in [-0.2, -0.15) is 0 Å². The second-order valence-corrected chi connectivity index (χ2v) is 5.31. The van der Waals surface area contributed by atoms with Crippen LogP contribution < -0.4 is 5.32 Å².